The highest BCUT2D eigenvalue weighted by Gasteiger charge is 2.15. The molecule has 5 heteroatoms. The molecule has 1 unspecified atom stereocenters. The van der Waals surface area contributed by atoms with Crippen molar-refractivity contribution >= 4 is 48.5 Å². The van der Waals surface area contributed by atoms with E-state index in [4.69, 9.17) is 4.42 Å². The topological polar surface area (TPSA) is 25.2 Å². The van der Waals surface area contributed by atoms with Crippen molar-refractivity contribution in [2.75, 3.05) is 5.32 Å². The van der Waals surface area contributed by atoms with Gasteiger partial charge in [0.05, 0.1) is 11.7 Å². The lowest BCUT2D eigenvalue weighted by atomic mass is 10.2. The third kappa shape index (κ3) is 2.99. The van der Waals surface area contributed by atoms with E-state index in [-0.39, 0.29) is 11.9 Å². The molecule has 2 aromatic carbocycles. The monoisotopic (exact) mass is 411 g/mol. The minimum absolute atomic E-state index is 0.149. The van der Waals surface area contributed by atoms with Crippen LogP contribution in [0.3, 0.4) is 0 Å². The Morgan fingerprint density at radius 2 is 1.95 bits per heavy atom. The smallest absolute Gasteiger partial charge is 0.147 e. The summed E-state index contributed by atoms with van der Waals surface area (Å²) < 4.78 is 21.4. The van der Waals surface area contributed by atoms with Gasteiger partial charge in [0.1, 0.15) is 17.2 Å². The van der Waals surface area contributed by atoms with Crippen molar-refractivity contribution in [3.63, 3.8) is 0 Å². The molecule has 0 spiro atoms. The van der Waals surface area contributed by atoms with E-state index in [9.17, 15) is 4.39 Å². The Labute approximate surface area is 138 Å². The molecule has 0 fully saturated rings. The van der Waals surface area contributed by atoms with E-state index in [1.54, 1.807) is 12.1 Å². The zero-order chi connectivity index (χ0) is 15.0. The predicted molar refractivity (Wildman–Crippen MR) is 90.1 cm³/mol. The maximum absolute atomic E-state index is 13.9. The molecule has 0 saturated carbocycles. The van der Waals surface area contributed by atoms with Crippen molar-refractivity contribution in [3.05, 3.63) is 63.0 Å². The summed E-state index contributed by atoms with van der Waals surface area (Å²) in [5.41, 5.74) is 1.25. The van der Waals surface area contributed by atoms with Gasteiger partial charge in [-0.05, 0) is 59.3 Å². The van der Waals surface area contributed by atoms with E-state index in [2.05, 4.69) is 37.2 Å². The molecule has 1 aromatic heterocycles. The van der Waals surface area contributed by atoms with Gasteiger partial charge in [-0.2, -0.15) is 0 Å². The zero-order valence-corrected chi connectivity index (χ0v) is 14.3. The molecule has 1 heterocycles. The molecule has 0 radical (unpaired) electrons. The van der Waals surface area contributed by atoms with Crippen LogP contribution < -0.4 is 5.32 Å². The number of nitrogens with one attached hydrogen (secondary N) is 1. The van der Waals surface area contributed by atoms with Gasteiger partial charge in [0.2, 0.25) is 0 Å². The Morgan fingerprint density at radius 1 is 1.14 bits per heavy atom. The van der Waals surface area contributed by atoms with E-state index in [0.717, 1.165) is 21.2 Å². The van der Waals surface area contributed by atoms with E-state index in [1.165, 1.54) is 6.07 Å². The lowest BCUT2D eigenvalue weighted by molar-refractivity contribution is 0.524. The lowest BCUT2D eigenvalue weighted by Gasteiger charge is -2.14. The number of para-hydroxylation sites is 1. The number of fused-ring (bicyclic) bond motifs is 1. The Morgan fingerprint density at radius 3 is 2.71 bits per heavy atom. The molecule has 21 heavy (non-hydrogen) atoms. The highest BCUT2D eigenvalue weighted by molar-refractivity contribution is 9.10. The van der Waals surface area contributed by atoms with Crippen LogP contribution in [-0.4, -0.2) is 0 Å². The van der Waals surface area contributed by atoms with Gasteiger partial charge in [-0.3, -0.25) is 0 Å². The quantitative estimate of drug-likeness (QED) is 0.548. The maximum atomic E-state index is 13.9. The van der Waals surface area contributed by atoms with Crippen molar-refractivity contribution in [2.45, 2.75) is 13.0 Å². The Hall–Kier alpha value is -1.33. The van der Waals surface area contributed by atoms with E-state index >= 15 is 0 Å². The number of hydrogen-bond donors (Lipinski definition) is 1. The van der Waals surface area contributed by atoms with Crippen molar-refractivity contribution in [1.29, 1.82) is 0 Å². The number of benzene rings is 2. The molecule has 0 aliphatic rings. The number of anilines is 1. The minimum Gasteiger partial charge on any atom is -0.459 e. The van der Waals surface area contributed by atoms with E-state index < -0.39 is 0 Å². The molecule has 0 amide bonds. The molecule has 0 bridgehead atoms. The first kappa shape index (κ1) is 14.6. The number of hydrogen-bond acceptors (Lipinski definition) is 2. The molecule has 3 aromatic rings. The maximum Gasteiger partial charge on any atom is 0.147 e. The minimum atomic E-state index is -0.296. The molecular formula is C16H12Br2FNO. The zero-order valence-electron chi connectivity index (χ0n) is 11.2. The second-order valence-electron chi connectivity index (χ2n) is 4.79. The van der Waals surface area contributed by atoms with Gasteiger partial charge in [0, 0.05) is 14.3 Å². The largest absolute Gasteiger partial charge is 0.459 e. The molecule has 1 N–H and O–H groups in total. The summed E-state index contributed by atoms with van der Waals surface area (Å²) in [6, 6.07) is 12.5. The van der Waals surface area contributed by atoms with Crippen LogP contribution in [0.25, 0.3) is 11.0 Å². The summed E-state index contributed by atoms with van der Waals surface area (Å²) in [4.78, 5) is 0. The van der Waals surface area contributed by atoms with Crippen LogP contribution in [0.1, 0.15) is 18.7 Å². The standard InChI is InChI=1S/C16H12Br2FNO/c1-9(20-16-12(18)3-2-4-13(16)19)15-8-10-7-11(17)5-6-14(10)21-15/h2-9,20H,1H3. The summed E-state index contributed by atoms with van der Waals surface area (Å²) >= 11 is 6.79. The molecule has 0 saturated heterocycles. The summed E-state index contributed by atoms with van der Waals surface area (Å²) in [7, 11) is 0. The third-order valence-corrected chi connectivity index (χ3v) is 4.40. The lowest BCUT2D eigenvalue weighted by Crippen LogP contribution is -2.07. The first-order chi connectivity index (χ1) is 10.0. The summed E-state index contributed by atoms with van der Waals surface area (Å²) in [6.07, 6.45) is 0. The second-order valence-corrected chi connectivity index (χ2v) is 6.56. The van der Waals surface area contributed by atoms with Crippen LogP contribution in [0.2, 0.25) is 0 Å². The SMILES string of the molecule is CC(Nc1c(F)cccc1Br)c1cc2cc(Br)ccc2o1. The Balaban J connectivity index is 1.91. The number of furan rings is 1. The average molecular weight is 413 g/mol. The van der Waals surface area contributed by atoms with Crippen molar-refractivity contribution < 1.29 is 8.81 Å². The Kier molecular flexibility index (Phi) is 4.04. The summed E-state index contributed by atoms with van der Waals surface area (Å²) in [5.74, 6) is 0.466. The second kappa shape index (κ2) is 5.81. The van der Waals surface area contributed by atoms with Gasteiger partial charge < -0.3 is 9.73 Å². The van der Waals surface area contributed by atoms with Crippen LogP contribution >= 0.6 is 31.9 Å². The fourth-order valence-corrected chi connectivity index (χ4v) is 3.01. The van der Waals surface area contributed by atoms with E-state index in [0.29, 0.717) is 10.2 Å². The van der Waals surface area contributed by atoms with Crippen LogP contribution in [0, 0.1) is 5.82 Å². The molecule has 2 nitrogen and oxygen atoms in total. The Bertz CT molecular complexity index is 780. The van der Waals surface area contributed by atoms with Crippen LogP contribution in [0.4, 0.5) is 10.1 Å². The van der Waals surface area contributed by atoms with Gasteiger partial charge in [-0.15, -0.1) is 0 Å². The highest BCUT2D eigenvalue weighted by atomic mass is 79.9. The van der Waals surface area contributed by atoms with Crippen molar-refractivity contribution in [3.8, 4) is 0 Å². The first-order valence-corrected chi connectivity index (χ1v) is 8.03. The summed E-state index contributed by atoms with van der Waals surface area (Å²) in [6.45, 7) is 1.94. The third-order valence-electron chi connectivity index (χ3n) is 3.25. The molecule has 3 rings (SSSR count). The molecule has 1 atom stereocenters. The van der Waals surface area contributed by atoms with Gasteiger partial charge in [-0.25, -0.2) is 4.39 Å². The van der Waals surface area contributed by atoms with Gasteiger partial charge in [-0.1, -0.05) is 22.0 Å². The van der Waals surface area contributed by atoms with Gasteiger partial charge in [0.15, 0.2) is 0 Å². The van der Waals surface area contributed by atoms with Gasteiger partial charge in [0.25, 0.3) is 0 Å². The molecule has 0 aliphatic heterocycles. The fourth-order valence-electron chi connectivity index (χ4n) is 2.17. The average Bonchev–Trinajstić information content (AvgIpc) is 2.86. The predicted octanol–water partition coefficient (Wildman–Crippen LogP) is 6.27. The van der Waals surface area contributed by atoms with Crippen LogP contribution in [0.15, 0.2) is 55.8 Å². The van der Waals surface area contributed by atoms with Crippen LogP contribution in [0.5, 0.6) is 0 Å². The van der Waals surface area contributed by atoms with Crippen LogP contribution in [-0.2, 0) is 0 Å². The number of rotatable bonds is 3. The number of halogens is 3. The van der Waals surface area contributed by atoms with Gasteiger partial charge >= 0.3 is 0 Å². The molecule has 108 valence electrons. The first-order valence-electron chi connectivity index (χ1n) is 6.44. The van der Waals surface area contributed by atoms with E-state index in [1.807, 2.05) is 31.2 Å². The fraction of sp³-hybridized carbons (Fsp3) is 0.125. The molecule has 0 aliphatic carbocycles. The van der Waals surface area contributed by atoms with Crippen molar-refractivity contribution in [2.24, 2.45) is 0 Å². The molecular weight excluding hydrogens is 401 g/mol. The normalized spacial score (nSPS) is 12.6. The van der Waals surface area contributed by atoms with Crippen molar-refractivity contribution in [1.82, 2.24) is 0 Å². The summed E-state index contributed by atoms with van der Waals surface area (Å²) in [5, 5.41) is 4.16. The highest BCUT2D eigenvalue weighted by Crippen LogP contribution is 2.31.